The first-order valence-electron chi connectivity index (χ1n) is 7.84. The van der Waals surface area contributed by atoms with Crippen LogP contribution in [0.3, 0.4) is 0 Å². The van der Waals surface area contributed by atoms with Crippen LogP contribution in [0.25, 0.3) is 0 Å². The molecule has 112 valence electrons. The van der Waals surface area contributed by atoms with Gasteiger partial charge in [-0.3, -0.25) is 0 Å². The predicted molar refractivity (Wildman–Crippen MR) is 86.3 cm³/mol. The van der Waals surface area contributed by atoms with Gasteiger partial charge in [0.25, 0.3) is 0 Å². The third-order valence-corrected chi connectivity index (χ3v) is 5.64. The molecule has 20 heavy (non-hydrogen) atoms. The Morgan fingerprint density at radius 1 is 1.35 bits per heavy atom. The number of aldehydes is 1. The molecule has 0 amide bonds. The molecule has 0 spiro atoms. The lowest BCUT2D eigenvalue weighted by atomic mass is 9.81. The molecule has 1 unspecified atom stereocenters. The predicted octanol–water partition coefficient (Wildman–Crippen LogP) is 4.15. The van der Waals surface area contributed by atoms with E-state index in [-0.39, 0.29) is 5.41 Å². The minimum atomic E-state index is -0.0883. The van der Waals surface area contributed by atoms with Crippen molar-refractivity contribution in [3.63, 3.8) is 0 Å². The highest BCUT2D eigenvalue weighted by atomic mass is 32.1. The third kappa shape index (κ3) is 4.16. The Hall–Kier alpha value is -0.670. The van der Waals surface area contributed by atoms with Crippen molar-refractivity contribution in [3.8, 4) is 0 Å². The Kier molecular flexibility index (Phi) is 5.79. The van der Waals surface area contributed by atoms with Crippen LogP contribution in [-0.2, 0) is 11.2 Å². The molecule has 0 N–H and O–H groups in total. The average Bonchev–Trinajstić information content (AvgIpc) is 2.84. The molecule has 1 aromatic heterocycles. The second kappa shape index (κ2) is 7.37. The highest BCUT2D eigenvalue weighted by Crippen LogP contribution is 2.34. The molecule has 2 nitrogen and oxygen atoms in total. The van der Waals surface area contributed by atoms with Crippen LogP contribution in [-0.4, -0.2) is 30.8 Å². The van der Waals surface area contributed by atoms with Gasteiger partial charge >= 0.3 is 0 Å². The fourth-order valence-electron chi connectivity index (χ4n) is 3.27. The molecular formula is C17H27NOS. The molecule has 0 radical (unpaired) electrons. The molecule has 3 heteroatoms. The molecule has 1 saturated carbocycles. The first-order chi connectivity index (χ1) is 9.65. The smallest absolute Gasteiger partial charge is 0.127 e. The van der Waals surface area contributed by atoms with Crippen LogP contribution >= 0.6 is 11.3 Å². The Morgan fingerprint density at radius 3 is 2.60 bits per heavy atom. The van der Waals surface area contributed by atoms with E-state index in [0.29, 0.717) is 6.04 Å². The number of carbonyl (C=O) groups is 1. The molecule has 1 atom stereocenters. The molecule has 0 aliphatic heterocycles. The summed E-state index contributed by atoms with van der Waals surface area (Å²) >= 11 is 1.83. The third-order valence-electron chi connectivity index (χ3n) is 4.74. The molecule has 2 rings (SSSR count). The number of thiophene rings is 1. The molecule has 0 aromatic carbocycles. The Morgan fingerprint density at radius 2 is 2.05 bits per heavy atom. The summed E-state index contributed by atoms with van der Waals surface area (Å²) in [5.74, 6) is 0. The van der Waals surface area contributed by atoms with E-state index in [9.17, 15) is 4.79 Å². The zero-order chi connectivity index (χ0) is 14.4. The molecular weight excluding hydrogens is 266 g/mol. The van der Waals surface area contributed by atoms with Crippen LogP contribution in [0.4, 0.5) is 0 Å². The maximum atomic E-state index is 11.7. The van der Waals surface area contributed by atoms with Crippen molar-refractivity contribution in [2.45, 2.75) is 57.9 Å². The second-order valence-corrected chi connectivity index (χ2v) is 7.47. The lowest BCUT2D eigenvalue weighted by molar-refractivity contribution is -0.118. The summed E-state index contributed by atoms with van der Waals surface area (Å²) in [5.41, 5.74) is -0.0883. The van der Waals surface area contributed by atoms with E-state index in [4.69, 9.17) is 0 Å². The summed E-state index contributed by atoms with van der Waals surface area (Å²) in [7, 11) is 2.18. The number of hydrogen-bond acceptors (Lipinski definition) is 3. The van der Waals surface area contributed by atoms with Gasteiger partial charge in [-0.25, -0.2) is 0 Å². The van der Waals surface area contributed by atoms with Gasteiger partial charge in [0.15, 0.2) is 0 Å². The van der Waals surface area contributed by atoms with Crippen LogP contribution in [0, 0.1) is 5.41 Å². The van der Waals surface area contributed by atoms with Gasteiger partial charge in [0, 0.05) is 22.9 Å². The van der Waals surface area contributed by atoms with Gasteiger partial charge in [0.2, 0.25) is 0 Å². The highest BCUT2D eigenvalue weighted by Gasteiger charge is 2.32. The summed E-state index contributed by atoms with van der Waals surface area (Å²) in [5, 5.41) is 2.14. The van der Waals surface area contributed by atoms with E-state index in [0.717, 1.165) is 25.8 Å². The largest absolute Gasteiger partial charge is 0.303 e. The number of nitrogens with zero attached hydrogens (tertiary/aromatic N) is 1. The van der Waals surface area contributed by atoms with Crippen molar-refractivity contribution >= 4 is 17.6 Å². The first-order valence-corrected chi connectivity index (χ1v) is 8.72. The van der Waals surface area contributed by atoms with Crippen molar-refractivity contribution in [3.05, 3.63) is 22.4 Å². The van der Waals surface area contributed by atoms with Crippen LogP contribution in [0.1, 0.15) is 50.3 Å². The van der Waals surface area contributed by atoms with Gasteiger partial charge in [0.1, 0.15) is 6.29 Å². The Bertz CT molecular complexity index is 393. The Balaban J connectivity index is 1.93. The van der Waals surface area contributed by atoms with Gasteiger partial charge in [0.05, 0.1) is 0 Å². The summed E-state index contributed by atoms with van der Waals surface area (Å²) in [6.07, 6.45) is 9.51. The van der Waals surface area contributed by atoms with Gasteiger partial charge < -0.3 is 9.69 Å². The Labute approximate surface area is 127 Å². The van der Waals surface area contributed by atoms with Gasteiger partial charge in [-0.1, -0.05) is 31.7 Å². The minimum absolute atomic E-state index is 0.0883. The first kappa shape index (κ1) is 15.7. The van der Waals surface area contributed by atoms with Crippen molar-refractivity contribution < 1.29 is 4.79 Å². The number of rotatable bonds is 6. The summed E-state index contributed by atoms with van der Waals surface area (Å²) in [4.78, 5) is 15.5. The van der Waals surface area contributed by atoms with E-state index < -0.39 is 0 Å². The number of hydrogen-bond donors (Lipinski definition) is 0. The van der Waals surface area contributed by atoms with Crippen molar-refractivity contribution in [1.29, 1.82) is 0 Å². The fourth-order valence-corrected chi connectivity index (χ4v) is 4.10. The fraction of sp³-hybridized carbons (Fsp3) is 0.706. The quantitative estimate of drug-likeness (QED) is 0.580. The van der Waals surface area contributed by atoms with Crippen LogP contribution < -0.4 is 0 Å². The molecule has 0 bridgehead atoms. The van der Waals surface area contributed by atoms with Crippen LogP contribution in [0.2, 0.25) is 0 Å². The van der Waals surface area contributed by atoms with Crippen molar-refractivity contribution in [2.24, 2.45) is 5.41 Å². The lowest BCUT2D eigenvalue weighted by Gasteiger charge is -2.34. The van der Waals surface area contributed by atoms with E-state index in [1.54, 1.807) is 0 Å². The zero-order valence-corrected chi connectivity index (χ0v) is 13.6. The standard InChI is InChI=1S/C17H27NOS/c1-15(12-16-8-7-11-20-16)18(2)13-17(14-19)9-5-3-4-6-10-17/h7-8,11,14-15H,3-6,9-10,12-13H2,1-2H3. The topological polar surface area (TPSA) is 20.3 Å². The SMILES string of the molecule is CC(Cc1cccs1)N(C)CC1(C=O)CCCCCC1. The maximum Gasteiger partial charge on any atom is 0.127 e. The van der Waals surface area contributed by atoms with E-state index in [1.165, 1.54) is 36.8 Å². The van der Waals surface area contributed by atoms with Crippen molar-refractivity contribution in [1.82, 2.24) is 4.90 Å². The maximum absolute atomic E-state index is 11.7. The molecule has 1 aliphatic rings. The molecule has 0 saturated heterocycles. The van der Waals surface area contributed by atoms with Gasteiger partial charge in [-0.05, 0) is 44.7 Å². The molecule has 1 heterocycles. The molecule has 1 aliphatic carbocycles. The number of carbonyl (C=O) groups excluding carboxylic acids is 1. The number of likely N-dealkylation sites (N-methyl/N-ethyl adjacent to an activating group) is 1. The van der Waals surface area contributed by atoms with Crippen LogP contribution in [0.5, 0.6) is 0 Å². The monoisotopic (exact) mass is 293 g/mol. The highest BCUT2D eigenvalue weighted by molar-refractivity contribution is 7.09. The van der Waals surface area contributed by atoms with E-state index >= 15 is 0 Å². The van der Waals surface area contributed by atoms with Crippen molar-refractivity contribution in [2.75, 3.05) is 13.6 Å². The van der Waals surface area contributed by atoms with Gasteiger partial charge in [-0.2, -0.15) is 0 Å². The van der Waals surface area contributed by atoms with Crippen LogP contribution in [0.15, 0.2) is 17.5 Å². The molecule has 1 aromatic rings. The van der Waals surface area contributed by atoms with E-state index in [1.807, 2.05) is 11.3 Å². The van der Waals surface area contributed by atoms with Gasteiger partial charge in [-0.15, -0.1) is 11.3 Å². The minimum Gasteiger partial charge on any atom is -0.303 e. The average molecular weight is 293 g/mol. The molecule has 1 fully saturated rings. The zero-order valence-electron chi connectivity index (χ0n) is 12.8. The summed E-state index contributed by atoms with van der Waals surface area (Å²) in [6, 6.07) is 4.81. The second-order valence-electron chi connectivity index (χ2n) is 6.44. The summed E-state index contributed by atoms with van der Waals surface area (Å²) < 4.78 is 0. The lowest BCUT2D eigenvalue weighted by Crippen LogP contribution is -2.41. The normalized spacial score (nSPS) is 20.6. The van der Waals surface area contributed by atoms with E-state index in [2.05, 4.69) is 36.4 Å². The summed E-state index contributed by atoms with van der Waals surface area (Å²) in [6.45, 7) is 3.19.